The van der Waals surface area contributed by atoms with Gasteiger partial charge in [0.2, 0.25) is 0 Å². The minimum Gasteiger partial charge on any atom is -0.261 e. The molecule has 0 aliphatic carbocycles. The van der Waals surface area contributed by atoms with E-state index in [9.17, 15) is 4.79 Å². The summed E-state index contributed by atoms with van der Waals surface area (Å²) in [5.74, 6) is 1.17. The SMILES string of the molecule is Cc1ccc(C(=[OH+])[C+](c2ccc(C)cc2)c2ccc(C)cc2)cc1. The van der Waals surface area contributed by atoms with Crippen molar-refractivity contribution in [1.29, 1.82) is 0 Å². The fourth-order valence-electron chi connectivity index (χ4n) is 2.74. The van der Waals surface area contributed by atoms with Crippen molar-refractivity contribution in [3.05, 3.63) is 112 Å². The van der Waals surface area contributed by atoms with Gasteiger partial charge in [0.05, 0.1) is 11.1 Å². The van der Waals surface area contributed by atoms with Gasteiger partial charge in [0.1, 0.15) is 5.56 Å². The highest BCUT2D eigenvalue weighted by Gasteiger charge is 2.35. The lowest BCUT2D eigenvalue weighted by Crippen LogP contribution is -2.17. The van der Waals surface area contributed by atoms with Crippen LogP contribution in [0, 0.1) is 26.7 Å². The number of hydrogen-bond acceptors (Lipinski definition) is 0. The zero-order chi connectivity index (χ0) is 17.1. The second kappa shape index (κ2) is 6.76. The van der Waals surface area contributed by atoms with Crippen molar-refractivity contribution < 1.29 is 4.79 Å². The van der Waals surface area contributed by atoms with E-state index in [4.69, 9.17) is 0 Å². The average Bonchev–Trinajstić information content (AvgIpc) is 2.59. The topological polar surface area (TPSA) is 21.4 Å². The van der Waals surface area contributed by atoms with E-state index in [1.54, 1.807) is 0 Å². The lowest BCUT2D eigenvalue weighted by molar-refractivity contribution is 0.673. The first-order valence-electron chi connectivity index (χ1n) is 8.19. The van der Waals surface area contributed by atoms with Crippen LogP contribution in [0.2, 0.25) is 0 Å². The molecule has 24 heavy (non-hydrogen) atoms. The average molecular weight is 314 g/mol. The standard InChI is InChI=1S/C23H21O/c1-16-4-10-19(11-5-16)22(20-12-6-17(2)7-13-20)23(24)21-14-8-18(3)9-15-21/h4-15H,1-3H3/q+1/p+1. The third-order valence-corrected chi connectivity index (χ3v) is 4.24. The van der Waals surface area contributed by atoms with Crippen molar-refractivity contribution in [3.63, 3.8) is 0 Å². The maximum atomic E-state index is 11.0. The summed E-state index contributed by atoms with van der Waals surface area (Å²) in [7, 11) is 0. The molecule has 0 aliphatic rings. The van der Waals surface area contributed by atoms with Crippen LogP contribution in [-0.4, -0.2) is 10.6 Å². The summed E-state index contributed by atoms with van der Waals surface area (Å²) in [4.78, 5) is 11.0. The Hall–Kier alpha value is -2.80. The number of benzene rings is 3. The summed E-state index contributed by atoms with van der Waals surface area (Å²) in [5, 5.41) is 0. The molecular weight excluding hydrogens is 292 g/mol. The molecule has 1 nitrogen and oxygen atoms in total. The number of rotatable bonds is 4. The first-order chi connectivity index (χ1) is 11.5. The molecular formula is C23H22O+2. The van der Waals surface area contributed by atoms with Crippen molar-refractivity contribution in [2.75, 3.05) is 0 Å². The zero-order valence-electron chi connectivity index (χ0n) is 14.4. The molecule has 1 N–H and O–H groups in total. The predicted octanol–water partition coefficient (Wildman–Crippen LogP) is 5.18. The Bertz CT molecular complexity index is 779. The summed E-state index contributed by atoms with van der Waals surface area (Å²) in [6.45, 7) is 6.18. The monoisotopic (exact) mass is 314 g/mol. The van der Waals surface area contributed by atoms with Crippen LogP contribution in [0.5, 0.6) is 0 Å². The minimum atomic E-state index is 0.308. The normalized spacial score (nSPS) is 10.5. The van der Waals surface area contributed by atoms with Crippen molar-refractivity contribution >= 4 is 5.78 Å². The Morgan fingerprint density at radius 3 is 1.29 bits per heavy atom. The maximum Gasteiger partial charge on any atom is 0.409 e. The maximum absolute atomic E-state index is 11.0. The molecule has 3 aromatic rings. The molecule has 0 aliphatic heterocycles. The van der Waals surface area contributed by atoms with Crippen molar-refractivity contribution in [2.24, 2.45) is 0 Å². The Balaban J connectivity index is 2.07. The third kappa shape index (κ3) is 3.41. The first-order valence-corrected chi connectivity index (χ1v) is 8.19. The van der Waals surface area contributed by atoms with Gasteiger partial charge in [-0.2, -0.15) is 0 Å². The summed E-state index contributed by atoms with van der Waals surface area (Å²) in [6.07, 6.45) is 0. The molecule has 0 heterocycles. The Labute approximate surface area is 144 Å². The molecule has 1 heteroatoms. The van der Waals surface area contributed by atoms with Crippen LogP contribution in [0.15, 0.2) is 72.8 Å². The van der Waals surface area contributed by atoms with E-state index in [1.165, 1.54) is 16.7 Å². The Morgan fingerprint density at radius 1 is 0.583 bits per heavy atom. The molecule has 118 valence electrons. The van der Waals surface area contributed by atoms with Crippen molar-refractivity contribution in [2.45, 2.75) is 20.8 Å². The molecule has 0 amide bonds. The van der Waals surface area contributed by atoms with Gasteiger partial charge >= 0.3 is 5.78 Å². The fourth-order valence-corrected chi connectivity index (χ4v) is 2.74. The number of hydrogen-bond donors (Lipinski definition) is 0. The van der Waals surface area contributed by atoms with E-state index in [2.05, 4.69) is 62.4 Å². The quantitative estimate of drug-likeness (QED) is 0.360. The van der Waals surface area contributed by atoms with Gasteiger partial charge in [0, 0.05) is 0 Å². The summed E-state index contributed by atoms with van der Waals surface area (Å²) < 4.78 is 0. The molecule has 0 saturated heterocycles. The van der Waals surface area contributed by atoms with Crippen molar-refractivity contribution in [1.82, 2.24) is 0 Å². The van der Waals surface area contributed by atoms with Crippen LogP contribution >= 0.6 is 0 Å². The highest BCUT2D eigenvalue weighted by atomic mass is 16.1. The molecule has 3 aromatic carbocycles. The minimum absolute atomic E-state index is 0.308. The lowest BCUT2D eigenvalue weighted by atomic mass is 9.84. The van der Waals surface area contributed by atoms with E-state index in [0.717, 1.165) is 22.6 Å². The van der Waals surface area contributed by atoms with Crippen LogP contribution in [-0.2, 0) is 0 Å². The van der Waals surface area contributed by atoms with E-state index >= 15 is 0 Å². The highest BCUT2D eigenvalue weighted by molar-refractivity contribution is 6.12. The largest absolute Gasteiger partial charge is 0.409 e. The lowest BCUT2D eigenvalue weighted by Gasteiger charge is -2.08. The van der Waals surface area contributed by atoms with Gasteiger partial charge in [-0.25, -0.2) is 0 Å². The van der Waals surface area contributed by atoms with Gasteiger partial charge in [-0.3, -0.25) is 4.79 Å². The second-order valence-electron chi connectivity index (χ2n) is 6.32. The summed E-state index contributed by atoms with van der Waals surface area (Å²) in [5.41, 5.74) is 6.45. The van der Waals surface area contributed by atoms with Gasteiger partial charge in [0.15, 0.2) is 5.92 Å². The van der Waals surface area contributed by atoms with Gasteiger partial charge in [0.25, 0.3) is 0 Å². The van der Waals surface area contributed by atoms with Crippen LogP contribution in [0.3, 0.4) is 0 Å². The molecule has 0 aromatic heterocycles. The van der Waals surface area contributed by atoms with E-state index in [-0.39, 0.29) is 0 Å². The van der Waals surface area contributed by atoms with Gasteiger partial charge in [-0.15, -0.1) is 0 Å². The molecule has 0 atom stereocenters. The van der Waals surface area contributed by atoms with Crippen LogP contribution in [0.25, 0.3) is 0 Å². The Kier molecular flexibility index (Phi) is 4.52. The number of ketones is 1. The highest BCUT2D eigenvalue weighted by Crippen LogP contribution is 2.28. The number of carbonyl (C=O) groups excluding carboxylic acids is 1. The smallest absolute Gasteiger partial charge is 0.261 e. The van der Waals surface area contributed by atoms with E-state index < -0.39 is 0 Å². The van der Waals surface area contributed by atoms with Gasteiger partial charge in [-0.1, -0.05) is 12.1 Å². The molecule has 0 fully saturated rings. The van der Waals surface area contributed by atoms with E-state index in [1.807, 2.05) is 31.2 Å². The summed E-state index contributed by atoms with van der Waals surface area (Å²) >= 11 is 0. The number of aryl methyl sites for hydroxylation is 3. The van der Waals surface area contributed by atoms with Crippen LogP contribution < -0.4 is 0 Å². The molecule has 0 saturated carbocycles. The first kappa shape index (κ1) is 16.1. The molecule has 0 bridgehead atoms. The Morgan fingerprint density at radius 2 is 0.917 bits per heavy atom. The van der Waals surface area contributed by atoms with Crippen molar-refractivity contribution in [3.8, 4) is 0 Å². The van der Waals surface area contributed by atoms with Gasteiger partial charge in [-0.05, 0) is 98.1 Å². The summed E-state index contributed by atoms with van der Waals surface area (Å²) in [6, 6.07) is 24.5. The zero-order valence-corrected chi connectivity index (χ0v) is 14.4. The van der Waals surface area contributed by atoms with Gasteiger partial charge < -0.3 is 0 Å². The molecule has 0 radical (unpaired) electrons. The second-order valence-corrected chi connectivity index (χ2v) is 6.32. The molecule has 0 spiro atoms. The predicted molar refractivity (Wildman–Crippen MR) is 101 cm³/mol. The van der Waals surface area contributed by atoms with Crippen LogP contribution in [0.4, 0.5) is 0 Å². The molecule has 3 rings (SSSR count). The van der Waals surface area contributed by atoms with E-state index in [0.29, 0.717) is 5.78 Å². The third-order valence-electron chi connectivity index (χ3n) is 4.24. The van der Waals surface area contributed by atoms with Crippen LogP contribution in [0.1, 0.15) is 33.4 Å². The molecule has 0 unspecified atom stereocenters. The fraction of sp³-hybridized carbons (Fsp3) is 0.130.